The van der Waals surface area contributed by atoms with Crippen molar-refractivity contribution in [1.29, 1.82) is 0 Å². The summed E-state index contributed by atoms with van der Waals surface area (Å²) in [7, 11) is 3.32. The topological polar surface area (TPSA) is 58.2 Å². The van der Waals surface area contributed by atoms with Crippen molar-refractivity contribution in [1.82, 2.24) is 9.97 Å². The Morgan fingerprint density at radius 3 is 2.59 bits per heavy atom. The van der Waals surface area contributed by atoms with Gasteiger partial charge in [0.05, 0.1) is 19.6 Å². The average Bonchev–Trinajstić information content (AvgIpc) is 2.91. The van der Waals surface area contributed by atoms with E-state index < -0.39 is 0 Å². The highest BCUT2D eigenvalue weighted by Crippen LogP contribution is 2.19. The first-order chi connectivity index (χ1) is 8.22. The SMILES string of the molecule is COc1ccc(N(C)C(=O)c2cnc[nH]2)cc1. The second-order valence-corrected chi connectivity index (χ2v) is 3.53. The summed E-state index contributed by atoms with van der Waals surface area (Å²) in [5, 5.41) is 0. The Morgan fingerprint density at radius 1 is 1.35 bits per heavy atom. The summed E-state index contributed by atoms with van der Waals surface area (Å²) < 4.78 is 5.06. The first-order valence-electron chi connectivity index (χ1n) is 5.13. The summed E-state index contributed by atoms with van der Waals surface area (Å²) in [4.78, 5) is 20.1. The lowest BCUT2D eigenvalue weighted by Crippen LogP contribution is -2.26. The molecular formula is C12H13N3O2. The molecule has 0 spiro atoms. The van der Waals surface area contributed by atoms with Crippen molar-refractivity contribution in [3.8, 4) is 5.75 Å². The third-order valence-corrected chi connectivity index (χ3v) is 2.49. The number of aromatic amines is 1. The van der Waals surface area contributed by atoms with E-state index in [0.29, 0.717) is 5.69 Å². The molecule has 5 heteroatoms. The number of amides is 1. The van der Waals surface area contributed by atoms with E-state index in [1.54, 1.807) is 19.1 Å². The summed E-state index contributed by atoms with van der Waals surface area (Å²) in [6, 6.07) is 7.28. The number of nitrogens with one attached hydrogen (secondary N) is 1. The second-order valence-electron chi connectivity index (χ2n) is 3.53. The first kappa shape index (κ1) is 11.2. The molecule has 1 amide bonds. The number of anilines is 1. The van der Waals surface area contributed by atoms with E-state index >= 15 is 0 Å². The van der Waals surface area contributed by atoms with E-state index in [2.05, 4.69) is 9.97 Å². The van der Waals surface area contributed by atoms with Gasteiger partial charge in [0.15, 0.2) is 0 Å². The summed E-state index contributed by atoms with van der Waals surface area (Å²) >= 11 is 0. The molecule has 0 saturated carbocycles. The molecule has 0 fully saturated rings. The number of methoxy groups -OCH3 is 1. The third kappa shape index (κ3) is 2.28. The number of aromatic nitrogens is 2. The molecule has 0 aliphatic rings. The molecule has 0 atom stereocenters. The molecule has 0 saturated heterocycles. The number of ether oxygens (including phenoxy) is 1. The first-order valence-corrected chi connectivity index (χ1v) is 5.13. The fourth-order valence-corrected chi connectivity index (χ4v) is 1.48. The second kappa shape index (κ2) is 4.69. The minimum atomic E-state index is -0.132. The number of carbonyl (C=O) groups excluding carboxylic acids is 1. The Bertz CT molecular complexity index is 491. The summed E-state index contributed by atoms with van der Waals surface area (Å²) in [5.41, 5.74) is 1.26. The molecule has 0 aliphatic heterocycles. The van der Waals surface area contributed by atoms with Gasteiger partial charge in [-0.2, -0.15) is 0 Å². The lowest BCUT2D eigenvalue weighted by atomic mass is 10.2. The van der Waals surface area contributed by atoms with Gasteiger partial charge in [0.1, 0.15) is 11.4 Å². The van der Waals surface area contributed by atoms with Crippen LogP contribution in [0.1, 0.15) is 10.5 Å². The van der Waals surface area contributed by atoms with E-state index in [-0.39, 0.29) is 5.91 Å². The minimum Gasteiger partial charge on any atom is -0.497 e. The normalized spacial score (nSPS) is 10.0. The molecule has 2 aromatic rings. The Kier molecular flexibility index (Phi) is 3.09. The highest BCUT2D eigenvalue weighted by atomic mass is 16.5. The van der Waals surface area contributed by atoms with Crippen molar-refractivity contribution in [2.45, 2.75) is 0 Å². The van der Waals surface area contributed by atoms with Crippen LogP contribution in [0.25, 0.3) is 0 Å². The standard InChI is InChI=1S/C12H13N3O2/c1-15(12(16)11-7-13-8-14-11)9-3-5-10(17-2)6-4-9/h3-8H,1-2H3,(H,13,14). The van der Waals surface area contributed by atoms with Gasteiger partial charge in [-0.3, -0.25) is 4.79 Å². The number of benzene rings is 1. The van der Waals surface area contributed by atoms with Crippen molar-refractivity contribution < 1.29 is 9.53 Å². The van der Waals surface area contributed by atoms with Crippen LogP contribution in [0, 0.1) is 0 Å². The molecule has 17 heavy (non-hydrogen) atoms. The molecule has 0 unspecified atom stereocenters. The number of rotatable bonds is 3. The van der Waals surface area contributed by atoms with Gasteiger partial charge in [-0.25, -0.2) is 4.98 Å². The smallest absolute Gasteiger partial charge is 0.276 e. The molecule has 1 heterocycles. The monoisotopic (exact) mass is 231 g/mol. The predicted octanol–water partition coefficient (Wildman–Crippen LogP) is 1.69. The Balaban J connectivity index is 2.19. The maximum absolute atomic E-state index is 12.0. The maximum atomic E-state index is 12.0. The summed E-state index contributed by atoms with van der Waals surface area (Å²) in [6.45, 7) is 0. The van der Waals surface area contributed by atoms with Gasteiger partial charge in [-0.15, -0.1) is 0 Å². The van der Waals surface area contributed by atoms with Gasteiger partial charge < -0.3 is 14.6 Å². The van der Waals surface area contributed by atoms with Crippen LogP contribution in [0.15, 0.2) is 36.8 Å². The van der Waals surface area contributed by atoms with E-state index in [0.717, 1.165) is 11.4 Å². The van der Waals surface area contributed by atoms with Crippen molar-refractivity contribution >= 4 is 11.6 Å². The van der Waals surface area contributed by atoms with Crippen molar-refractivity contribution in [3.63, 3.8) is 0 Å². The van der Waals surface area contributed by atoms with Crippen molar-refractivity contribution in [3.05, 3.63) is 42.5 Å². The fourth-order valence-electron chi connectivity index (χ4n) is 1.48. The molecule has 88 valence electrons. The van der Waals surface area contributed by atoms with Crippen LogP contribution in [0.2, 0.25) is 0 Å². The molecule has 0 aliphatic carbocycles. The largest absolute Gasteiger partial charge is 0.497 e. The van der Waals surface area contributed by atoms with Crippen LogP contribution < -0.4 is 9.64 Å². The summed E-state index contributed by atoms with van der Waals surface area (Å²) in [6.07, 6.45) is 2.98. The van der Waals surface area contributed by atoms with Gasteiger partial charge >= 0.3 is 0 Å². The van der Waals surface area contributed by atoms with Crippen LogP contribution in [0.5, 0.6) is 5.75 Å². The third-order valence-electron chi connectivity index (χ3n) is 2.49. The van der Waals surface area contributed by atoms with Gasteiger partial charge in [0.2, 0.25) is 0 Å². The molecule has 1 aromatic carbocycles. The van der Waals surface area contributed by atoms with Gasteiger partial charge in [-0.1, -0.05) is 0 Å². The van der Waals surface area contributed by atoms with Crippen LogP contribution in [-0.2, 0) is 0 Å². The van der Waals surface area contributed by atoms with E-state index in [1.807, 2.05) is 24.3 Å². The average molecular weight is 231 g/mol. The highest BCUT2D eigenvalue weighted by molar-refractivity contribution is 6.04. The number of imidazole rings is 1. The predicted molar refractivity (Wildman–Crippen MR) is 64.3 cm³/mol. The van der Waals surface area contributed by atoms with Crippen LogP contribution in [0.3, 0.4) is 0 Å². The van der Waals surface area contributed by atoms with Crippen LogP contribution >= 0.6 is 0 Å². The zero-order valence-corrected chi connectivity index (χ0v) is 9.68. The molecule has 1 N–H and O–H groups in total. The number of carbonyl (C=O) groups is 1. The molecule has 0 bridgehead atoms. The number of H-pyrrole nitrogens is 1. The van der Waals surface area contributed by atoms with Crippen molar-refractivity contribution in [2.24, 2.45) is 0 Å². The quantitative estimate of drug-likeness (QED) is 0.874. The van der Waals surface area contributed by atoms with E-state index in [4.69, 9.17) is 4.74 Å². The zero-order chi connectivity index (χ0) is 12.3. The number of hydrogen-bond donors (Lipinski definition) is 1. The lowest BCUT2D eigenvalue weighted by molar-refractivity contribution is 0.0989. The summed E-state index contributed by atoms with van der Waals surface area (Å²) in [5.74, 6) is 0.629. The molecule has 2 rings (SSSR count). The minimum absolute atomic E-state index is 0.132. The molecule has 5 nitrogen and oxygen atoms in total. The Labute approximate surface area is 99.0 Å². The van der Waals surface area contributed by atoms with Crippen molar-refractivity contribution in [2.75, 3.05) is 19.1 Å². The molecular weight excluding hydrogens is 218 g/mol. The van der Waals surface area contributed by atoms with Crippen LogP contribution in [-0.4, -0.2) is 30.0 Å². The maximum Gasteiger partial charge on any atom is 0.276 e. The van der Waals surface area contributed by atoms with E-state index in [9.17, 15) is 4.79 Å². The van der Waals surface area contributed by atoms with Gasteiger partial charge in [-0.05, 0) is 24.3 Å². The highest BCUT2D eigenvalue weighted by Gasteiger charge is 2.14. The van der Waals surface area contributed by atoms with E-state index in [1.165, 1.54) is 12.5 Å². The number of nitrogens with zero attached hydrogens (tertiary/aromatic N) is 2. The van der Waals surface area contributed by atoms with Gasteiger partial charge in [0, 0.05) is 12.7 Å². The Morgan fingerprint density at radius 2 is 2.06 bits per heavy atom. The Hall–Kier alpha value is -2.30. The van der Waals surface area contributed by atoms with Gasteiger partial charge in [0.25, 0.3) is 5.91 Å². The lowest BCUT2D eigenvalue weighted by Gasteiger charge is -2.16. The van der Waals surface area contributed by atoms with Crippen LogP contribution in [0.4, 0.5) is 5.69 Å². The number of hydrogen-bond acceptors (Lipinski definition) is 3. The molecule has 0 radical (unpaired) electrons. The fraction of sp³-hybridized carbons (Fsp3) is 0.167. The molecule has 1 aromatic heterocycles. The zero-order valence-electron chi connectivity index (χ0n) is 9.68.